The third kappa shape index (κ3) is 2.27. The van der Waals surface area contributed by atoms with E-state index in [1.165, 1.54) is 37.9 Å². The third-order valence-corrected chi connectivity index (χ3v) is 4.08. The van der Waals surface area contributed by atoms with Crippen LogP contribution in [0, 0.1) is 5.41 Å². The van der Waals surface area contributed by atoms with Crippen LogP contribution < -0.4 is 0 Å². The van der Waals surface area contributed by atoms with Crippen LogP contribution >= 0.6 is 0 Å². The van der Waals surface area contributed by atoms with Crippen LogP contribution in [0.4, 0.5) is 0 Å². The van der Waals surface area contributed by atoms with Crippen LogP contribution in [0.2, 0.25) is 0 Å². The molecule has 2 aliphatic rings. The van der Waals surface area contributed by atoms with Gasteiger partial charge in [0.2, 0.25) is 0 Å². The summed E-state index contributed by atoms with van der Waals surface area (Å²) in [6, 6.07) is 8.31. The molecule has 0 atom stereocenters. The number of fused-ring (bicyclic) bond motifs is 1. The van der Waals surface area contributed by atoms with E-state index < -0.39 is 0 Å². The number of rotatable bonds is 3. The van der Waals surface area contributed by atoms with Crippen LogP contribution in [0.5, 0.6) is 0 Å². The Morgan fingerprint density at radius 3 is 2.56 bits per heavy atom. The van der Waals surface area contributed by atoms with Gasteiger partial charge in [0, 0.05) is 25.2 Å². The molecule has 1 aromatic rings. The summed E-state index contributed by atoms with van der Waals surface area (Å²) in [7, 11) is 0. The average molecular weight is 243 g/mol. The van der Waals surface area contributed by atoms with Gasteiger partial charge < -0.3 is 9.80 Å². The first-order valence-corrected chi connectivity index (χ1v) is 6.99. The number of hydrogen-bond donors (Lipinski definition) is 1. The summed E-state index contributed by atoms with van der Waals surface area (Å²) in [6.45, 7) is 5.51. The molecule has 1 N–H and O–H groups in total. The summed E-state index contributed by atoms with van der Waals surface area (Å²) >= 11 is 0. The maximum Gasteiger partial charge on any atom is 0.128 e. The van der Waals surface area contributed by atoms with Gasteiger partial charge in [0.25, 0.3) is 0 Å². The molecular formula is C15H21N3. The highest BCUT2D eigenvalue weighted by Gasteiger charge is 2.23. The molecule has 2 heterocycles. The molecule has 0 spiro atoms. The summed E-state index contributed by atoms with van der Waals surface area (Å²) in [4.78, 5) is 4.75. The van der Waals surface area contributed by atoms with Crippen LogP contribution in [0.25, 0.3) is 0 Å². The van der Waals surface area contributed by atoms with Crippen molar-refractivity contribution in [2.75, 3.05) is 26.2 Å². The van der Waals surface area contributed by atoms with Crippen LogP contribution in [0.15, 0.2) is 24.3 Å². The van der Waals surface area contributed by atoms with Gasteiger partial charge in [-0.3, -0.25) is 5.41 Å². The quantitative estimate of drug-likeness (QED) is 0.883. The standard InChI is InChI=1S/C15H21N3/c16-15-14-7-3-2-6-13(14)12-18(15)11-10-17-8-4-1-5-9-17/h2-3,6-7,16H,1,4-5,8-12H2. The molecule has 3 nitrogen and oxygen atoms in total. The Kier molecular flexibility index (Phi) is 3.33. The smallest absolute Gasteiger partial charge is 0.128 e. The summed E-state index contributed by atoms with van der Waals surface area (Å²) in [5.41, 5.74) is 2.43. The lowest BCUT2D eigenvalue weighted by molar-refractivity contribution is 0.210. The van der Waals surface area contributed by atoms with Gasteiger partial charge in [-0.15, -0.1) is 0 Å². The molecular weight excluding hydrogens is 222 g/mol. The number of amidine groups is 1. The molecule has 0 aromatic heterocycles. The van der Waals surface area contributed by atoms with Crippen molar-refractivity contribution in [3.8, 4) is 0 Å². The first kappa shape index (κ1) is 11.7. The molecule has 1 fully saturated rings. The molecule has 96 valence electrons. The molecule has 0 radical (unpaired) electrons. The number of hydrogen-bond acceptors (Lipinski definition) is 2. The van der Waals surface area contributed by atoms with Crippen molar-refractivity contribution in [2.45, 2.75) is 25.8 Å². The molecule has 0 bridgehead atoms. The van der Waals surface area contributed by atoms with Crippen molar-refractivity contribution in [2.24, 2.45) is 0 Å². The van der Waals surface area contributed by atoms with Crippen LogP contribution in [-0.2, 0) is 6.54 Å². The van der Waals surface area contributed by atoms with E-state index in [1.54, 1.807) is 0 Å². The molecule has 0 saturated carbocycles. The van der Waals surface area contributed by atoms with E-state index in [0.717, 1.165) is 25.2 Å². The first-order valence-electron chi connectivity index (χ1n) is 6.99. The average Bonchev–Trinajstić information content (AvgIpc) is 2.75. The molecule has 18 heavy (non-hydrogen) atoms. The Bertz CT molecular complexity index is 435. The van der Waals surface area contributed by atoms with Gasteiger partial charge in [0.05, 0.1) is 0 Å². The van der Waals surface area contributed by atoms with Crippen LogP contribution in [0.3, 0.4) is 0 Å². The van der Waals surface area contributed by atoms with E-state index >= 15 is 0 Å². The minimum absolute atomic E-state index is 0.711. The van der Waals surface area contributed by atoms with E-state index in [-0.39, 0.29) is 0 Å². The highest BCUT2D eigenvalue weighted by molar-refractivity contribution is 6.00. The van der Waals surface area contributed by atoms with Gasteiger partial charge in [0.1, 0.15) is 5.84 Å². The zero-order valence-corrected chi connectivity index (χ0v) is 10.9. The maximum absolute atomic E-state index is 8.21. The van der Waals surface area contributed by atoms with Crippen molar-refractivity contribution in [3.05, 3.63) is 35.4 Å². The fraction of sp³-hybridized carbons (Fsp3) is 0.533. The maximum atomic E-state index is 8.21. The van der Waals surface area contributed by atoms with Gasteiger partial charge in [-0.05, 0) is 31.5 Å². The topological polar surface area (TPSA) is 30.3 Å². The number of likely N-dealkylation sites (tertiary alicyclic amines) is 1. The number of nitrogens with one attached hydrogen (secondary N) is 1. The summed E-state index contributed by atoms with van der Waals surface area (Å²) in [5.74, 6) is 0.711. The normalized spacial score (nSPS) is 20.2. The van der Waals surface area contributed by atoms with E-state index in [2.05, 4.69) is 28.0 Å². The van der Waals surface area contributed by atoms with Gasteiger partial charge in [-0.25, -0.2) is 0 Å². The number of benzene rings is 1. The van der Waals surface area contributed by atoms with Gasteiger partial charge >= 0.3 is 0 Å². The molecule has 1 saturated heterocycles. The predicted octanol–water partition coefficient (Wildman–Crippen LogP) is 2.31. The van der Waals surface area contributed by atoms with E-state index in [4.69, 9.17) is 5.41 Å². The van der Waals surface area contributed by atoms with Crippen molar-refractivity contribution in [3.63, 3.8) is 0 Å². The minimum atomic E-state index is 0.711. The van der Waals surface area contributed by atoms with Crippen molar-refractivity contribution < 1.29 is 0 Å². The Hall–Kier alpha value is -1.35. The first-order chi connectivity index (χ1) is 8.84. The fourth-order valence-electron chi connectivity index (χ4n) is 2.98. The lowest BCUT2D eigenvalue weighted by Gasteiger charge is -2.29. The van der Waals surface area contributed by atoms with E-state index in [9.17, 15) is 0 Å². The Morgan fingerprint density at radius 1 is 1.00 bits per heavy atom. The lowest BCUT2D eigenvalue weighted by atomic mass is 10.1. The molecule has 0 unspecified atom stereocenters. The van der Waals surface area contributed by atoms with Gasteiger partial charge in [-0.1, -0.05) is 30.7 Å². The molecule has 3 rings (SSSR count). The highest BCUT2D eigenvalue weighted by Crippen LogP contribution is 2.22. The van der Waals surface area contributed by atoms with E-state index in [0.29, 0.717) is 5.84 Å². The monoisotopic (exact) mass is 243 g/mol. The summed E-state index contributed by atoms with van der Waals surface area (Å²) in [6.07, 6.45) is 4.08. The fourth-order valence-corrected chi connectivity index (χ4v) is 2.98. The molecule has 2 aliphatic heterocycles. The predicted molar refractivity (Wildman–Crippen MR) is 74.0 cm³/mol. The van der Waals surface area contributed by atoms with Gasteiger partial charge in [0.15, 0.2) is 0 Å². The second-order valence-corrected chi connectivity index (χ2v) is 5.33. The van der Waals surface area contributed by atoms with Crippen molar-refractivity contribution >= 4 is 5.84 Å². The SMILES string of the molecule is N=C1c2ccccc2CN1CCN1CCCCC1. The largest absolute Gasteiger partial charge is 0.351 e. The molecule has 0 amide bonds. The number of piperidine rings is 1. The van der Waals surface area contributed by atoms with Crippen molar-refractivity contribution in [1.29, 1.82) is 5.41 Å². The molecule has 3 heteroatoms. The van der Waals surface area contributed by atoms with E-state index in [1.807, 2.05) is 6.07 Å². The summed E-state index contributed by atoms with van der Waals surface area (Å²) in [5, 5.41) is 8.21. The molecule has 0 aliphatic carbocycles. The number of nitrogens with zero attached hydrogens (tertiary/aromatic N) is 2. The molecule has 1 aromatic carbocycles. The zero-order chi connectivity index (χ0) is 12.4. The third-order valence-electron chi connectivity index (χ3n) is 4.08. The minimum Gasteiger partial charge on any atom is -0.351 e. The highest BCUT2D eigenvalue weighted by atomic mass is 15.2. The zero-order valence-electron chi connectivity index (χ0n) is 10.9. The lowest BCUT2D eigenvalue weighted by Crippen LogP contribution is -2.38. The second-order valence-electron chi connectivity index (χ2n) is 5.33. The Morgan fingerprint density at radius 2 is 1.78 bits per heavy atom. The van der Waals surface area contributed by atoms with Crippen LogP contribution in [0.1, 0.15) is 30.4 Å². The summed E-state index contributed by atoms with van der Waals surface area (Å²) < 4.78 is 0. The second kappa shape index (κ2) is 5.11. The Labute approximate surface area is 109 Å². The van der Waals surface area contributed by atoms with Gasteiger partial charge in [-0.2, -0.15) is 0 Å². The Balaban J connectivity index is 1.57. The van der Waals surface area contributed by atoms with Crippen LogP contribution in [-0.4, -0.2) is 41.8 Å². The van der Waals surface area contributed by atoms with Crippen molar-refractivity contribution in [1.82, 2.24) is 9.80 Å².